The molecule has 0 radical (unpaired) electrons. The second-order valence-electron chi connectivity index (χ2n) is 2.50. The van der Waals surface area contributed by atoms with E-state index in [4.69, 9.17) is 4.74 Å². The van der Waals surface area contributed by atoms with Crippen LogP contribution in [0.15, 0.2) is 18.2 Å². The lowest BCUT2D eigenvalue weighted by Crippen LogP contribution is -1.99. The van der Waals surface area contributed by atoms with Gasteiger partial charge in [0.05, 0.1) is 6.61 Å². The first kappa shape index (κ1) is 10.3. The van der Waals surface area contributed by atoms with Crippen molar-refractivity contribution in [3.05, 3.63) is 29.8 Å². The molecular weight excluding hydrogens is 194 g/mol. The minimum absolute atomic E-state index is 0.0863. The molecule has 0 N–H and O–H groups in total. The number of hydrogen-bond donors (Lipinski definition) is 1. The Bertz CT molecular complexity index is 278. The molecule has 1 nitrogen and oxygen atoms in total. The Morgan fingerprint density at radius 3 is 2.69 bits per heavy atom. The molecule has 0 aliphatic heterocycles. The van der Waals surface area contributed by atoms with Gasteiger partial charge in [0.2, 0.25) is 0 Å². The van der Waals surface area contributed by atoms with Gasteiger partial charge in [-0.1, -0.05) is 0 Å². The van der Waals surface area contributed by atoms with E-state index in [1.165, 1.54) is 12.1 Å². The van der Waals surface area contributed by atoms with Crippen molar-refractivity contribution >= 4 is 12.6 Å². The second-order valence-corrected chi connectivity index (χ2v) is 2.95. The molecule has 4 heteroatoms. The largest absolute Gasteiger partial charge is 0.490 e. The van der Waals surface area contributed by atoms with E-state index in [0.717, 1.165) is 12.5 Å². The average molecular weight is 204 g/mol. The predicted molar refractivity (Wildman–Crippen MR) is 50.3 cm³/mol. The van der Waals surface area contributed by atoms with Crippen molar-refractivity contribution in [2.24, 2.45) is 0 Å². The molecule has 72 valence electrons. The van der Waals surface area contributed by atoms with E-state index >= 15 is 0 Å². The molecule has 13 heavy (non-hydrogen) atoms. The first-order valence-corrected chi connectivity index (χ1v) is 4.56. The predicted octanol–water partition coefficient (Wildman–Crippen LogP) is 2.66. The number of halogens is 2. The Morgan fingerprint density at radius 1 is 1.31 bits per heavy atom. The van der Waals surface area contributed by atoms with Gasteiger partial charge in [-0.05, 0) is 24.3 Å². The lowest BCUT2D eigenvalue weighted by atomic mass is 10.3. The SMILES string of the molecule is Fc1ccc(OCCCS)c(F)c1. The highest BCUT2D eigenvalue weighted by Crippen LogP contribution is 2.17. The molecule has 0 saturated carbocycles. The van der Waals surface area contributed by atoms with E-state index in [9.17, 15) is 8.78 Å². The third-order valence-electron chi connectivity index (χ3n) is 1.45. The fourth-order valence-corrected chi connectivity index (χ4v) is 0.968. The molecule has 0 spiro atoms. The highest BCUT2D eigenvalue weighted by molar-refractivity contribution is 7.80. The summed E-state index contributed by atoms with van der Waals surface area (Å²) in [4.78, 5) is 0. The summed E-state index contributed by atoms with van der Waals surface area (Å²) in [6.07, 6.45) is 0.736. The van der Waals surface area contributed by atoms with E-state index in [1.807, 2.05) is 0 Å². The van der Waals surface area contributed by atoms with Crippen molar-refractivity contribution in [3.63, 3.8) is 0 Å². The van der Waals surface area contributed by atoms with Crippen molar-refractivity contribution in [1.82, 2.24) is 0 Å². The van der Waals surface area contributed by atoms with Gasteiger partial charge in [0.15, 0.2) is 11.6 Å². The monoisotopic (exact) mass is 204 g/mol. The maximum atomic E-state index is 12.9. The topological polar surface area (TPSA) is 9.23 Å². The molecule has 0 aromatic heterocycles. The molecule has 1 rings (SSSR count). The zero-order valence-electron chi connectivity index (χ0n) is 6.96. The van der Waals surface area contributed by atoms with Crippen LogP contribution >= 0.6 is 12.6 Å². The van der Waals surface area contributed by atoms with Crippen LogP contribution in [0.2, 0.25) is 0 Å². The zero-order chi connectivity index (χ0) is 9.68. The maximum Gasteiger partial charge on any atom is 0.167 e. The third-order valence-corrected chi connectivity index (χ3v) is 1.77. The van der Waals surface area contributed by atoms with Crippen LogP contribution in [-0.4, -0.2) is 12.4 Å². The second kappa shape index (κ2) is 5.07. The van der Waals surface area contributed by atoms with Gasteiger partial charge in [-0.25, -0.2) is 8.78 Å². The molecule has 0 bridgehead atoms. The molecule has 0 amide bonds. The van der Waals surface area contributed by atoms with Crippen LogP contribution in [0.3, 0.4) is 0 Å². The summed E-state index contributed by atoms with van der Waals surface area (Å²) in [6.45, 7) is 0.395. The fourth-order valence-electron chi connectivity index (χ4n) is 0.839. The molecule has 1 aromatic carbocycles. The van der Waals surface area contributed by atoms with Crippen molar-refractivity contribution in [1.29, 1.82) is 0 Å². The first-order chi connectivity index (χ1) is 6.24. The van der Waals surface area contributed by atoms with E-state index in [2.05, 4.69) is 12.6 Å². The summed E-state index contributed by atoms with van der Waals surface area (Å²) in [5.41, 5.74) is 0. The lowest BCUT2D eigenvalue weighted by molar-refractivity contribution is 0.301. The van der Waals surface area contributed by atoms with Gasteiger partial charge < -0.3 is 4.74 Å². The van der Waals surface area contributed by atoms with Crippen LogP contribution in [0.1, 0.15) is 6.42 Å². The Hall–Kier alpha value is -0.770. The molecule has 0 atom stereocenters. The van der Waals surface area contributed by atoms with Crippen molar-refractivity contribution in [3.8, 4) is 5.75 Å². The number of ether oxygens (including phenoxy) is 1. The molecule has 0 heterocycles. The van der Waals surface area contributed by atoms with Crippen LogP contribution in [0.25, 0.3) is 0 Å². The van der Waals surface area contributed by atoms with Gasteiger partial charge in [0.1, 0.15) is 5.82 Å². The minimum atomic E-state index is -0.667. The Morgan fingerprint density at radius 2 is 2.08 bits per heavy atom. The summed E-state index contributed by atoms with van der Waals surface area (Å²) >= 11 is 3.98. The molecule has 1 aromatic rings. The molecular formula is C9H10F2OS. The summed E-state index contributed by atoms with van der Waals surface area (Å²) in [5.74, 6) is -0.496. The standard InChI is InChI=1S/C9H10F2OS/c10-7-2-3-9(8(11)6-7)12-4-1-5-13/h2-3,6,13H,1,4-5H2. The molecule has 0 aliphatic carbocycles. The molecule has 0 aliphatic rings. The normalized spacial score (nSPS) is 10.1. The maximum absolute atomic E-state index is 12.9. The van der Waals surface area contributed by atoms with Gasteiger partial charge in [-0.3, -0.25) is 0 Å². The molecule has 0 fully saturated rings. The van der Waals surface area contributed by atoms with Crippen molar-refractivity contribution in [2.75, 3.05) is 12.4 Å². The van der Waals surface area contributed by atoms with E-state index in [-0.39, 0.29) is 5.75 Å². The molecule has 0 unspecified atom stereocenters. The quantitative estimate of drug-likeness (QED) is 0.586. The van der Waals surface area contributed by atoms with Gasteiger partial charge in [-0.2, -0.15) is 12.6 Å². The lowest BCUT2D eigenvalue weighted by Gasteiger charge is -2.05. The van der Waals surface area contributed by atoms with Gasteiger partial charge >= 0.3 is 0 Å². The highest BCUT2D eigenvalue weighted by Gasteiger charge is 2.03. The first-order valence-electron chi connectivity index (χ1n) is 3.93. The van der Waals surface area contributed by atoms with Crippen LogP contribution in [0.5, 0.6) is 5.75 Å². The van der Waals surface area contributed by atoms with Crippen LogP contribution in [0.4, 0.5) is 8.78 Å². The van der Waals surface area contributed by atoms with Crippen LogP contribution in [-0.2, 0) is 0 Å². The summed E-state index contributed by atoms with van der Waals surface area (Å²) < 4.78 is 30.4. The third kappa shape index (κ3) is 3.22. The zero-order valence-corrected chi connectivity index (χ0v) is 7.86. The average Bonchev–Trinajstić information content (AvgIpc) is 2.09. The number of hydrogen-bond acceptors (Lipinski definition) is 2. The highest BCUT2D eigenvalue weighted by atomic mass is 32.1. The summed E-state index contributed by atoms with van der Waals surface area (Å²) in [6, 6.07) is 3.25. The number of rotatable bonds is 4. The van der Waals surface area contributed by atoms with Crippen molar-refractivity contribution in [2.45, 2.75) is 6.42 Å². The van der Waals surface area contributed by atoms with Crippen LogP contribution < -0.4 is 4.74 Å². The van der Waals surface area contributed by atoms with Gasteiger partial charge in [0.25, 0.3) is 0 Å². The van der Waals surface area contributed by atoms with E-state index in [0.29, 0.717) is 12.4 Å². The fraction of sp³-hybridized carbons (Fsp3) is 0.333. The van der Waals surface area contributed by atoms with Gasteiger partial charge in [0, 0.05) is 6.07 Å². The minimum Gasteiger partial charge on any atom is -0.490 e. The van der Waals surface area contributed by atoms with E-state index in [1.54, 1.807) is 0 Å². The Kier molecular flexibility index (Phi) is 4.02. The van der Waals surface area contributed by atoms with E-state index < -0.39 is 11.6 Å². The van der Waals surface area contributed by atoms with Crippen molar-refractivity contribution < 1.29 is 13.5 Å². The number of thiol groups is 1. The summed E-state index contributed by atoms with van der Waals surface area (Å²) in [5, 5.41) is 0. The van der Waals surface area contributed by atoms with Crippen LogP contribution in [0, 0.1) is 11.6 Å². The Balaban J connectivity index is 2.56. The Labute approximate surface area is 81.1 Å². The van der Waals surface area contributed by atoms with Gasteiger partial charge in [-0.15, -0.1) is 0 Å². The smallest absolute Gasteiger partial charge is 0.167 e. The number of benzene rings is 1. The summed E-state index contributed by atoms with van der Waals surface area (Å²) in [7, 11) is 0. The molecule has 0 saturated heterocycles.